The summed E-state index contributed by atoms with van der Waals surface area (Å²) in [7, 11) is 0. The molecule has 12 aromatic rings. The quantitative estimate of drug-likeness (QED) is 0.0285. The Labute approximate surface area is 828 Å². The van der Waals surface area contributed by atoms with Crippen LogP contribution in [0.15, 0.2) is 188 Å². The maximum absolute atomic E-state index is 13.6. The van der Waals surface area contributed by atoms with E-state index in [9.17, 15) is 32.3 Å². The molecule has 6 aliphatic carbocycles. The Morgan fingerprint density at radius 3 is 1.01 bits per heavy atom. The van der Waals surface area contributed by atoms with Gasteiger partial charge in [0, 0.05) is 267 Å². The lowest BCUT2D eigenvalue weighted by molar-refractivity contribution is -0.143. The number of rotatable bonds is 26. The molecule has 6 N–H and O–H groups in total. The topological polar surface area (TPSA) is 182 Å². The predicted octanol–water partition coefficient (Wildman–Crippen LogP) is 24.7. The van der Waals surface area contributed by atoms with E-state index in [0.717, 1.165) is 217 Å². The summed E-state index contributed by atoms with van der Waals surface area (Å²) < 4.78 is 40.6. The molecule has 6 aromatic heterocycles. The fourth-order valence-corrected chi connectivity index (χ4v) is 28.7. The molecule has 4 saturated carbocycles. The first-order valence-electron chi connectivity index (χ1n) is 54.2. The molecule has 744 valence electrons. The van der Waals surface area contributed by atoms with Crippen molar-refractivity contribution >= 4 is 88.6 Å². The number of hydrogen-bond acceptors (Lipinski definition) is 10. The van der Waals surface area contributed by atoms with Crippen LogP contribution in [0.3, 0.4) is 0 Å². The first-order valence-corrected chi connectivity index (χ1v) is 54.2. The van der Waals surface area contributed by atoms with Crippen LogP contribution >= 0.6 is 0 Å². The van der Waals surface area contributed by atoms with Crippen LogP contribution in [-0.4, -0.2) is 197 Å². The minimum absolute atomic E-state index is 0.153. The number of carbonyl (C=O) groups excluding carboxylic acids is 4. The maximum Gasteiger partial charge on any atom is 0.138 e. The van der Waals surface area contributed by atoms with Crippen molar-refractivity contribution in [1.29, 1.82) is 0 Å². The van der Waals surface area contributed by atoms with E-state index in [4.69, 9.17) is 0 Å². The van der Waals surface area contributed by atoms with Gasteiger partial charge >= 0.3 is 0 Å². The van der Waals surface area contributed by atoms with Gasteiger partial charge in [-0.2, -0.15) is 0 Å². The van der Waals surface area contributed by atoms with Crippen molar-refractivity contribution in [1.82, 2.24) is 59.3 Å². The van der Waals surface area contributed by atoms with Crippen molar-refractivity contribution in [3.8, 4) is 0 Å². The van der Waals surface area contributed by atoms with Gasteiger partial charge in [-0.3, -0.25) is 48.6 Å². The second-order valence-corrected chi connectivity index (χ2v) is 45.1. The smallest absolute Gasteiger partial charge is 0.138 e. The van der Waals surface area contributed by atoms with E-state index in [1.807, 2.05) is 18.5 Å². The summed E-state index contributed by atoms with van der Waals surface area (Å²) in [6.07, 6.45) is 43.5. The maximum atomic E-state index is 13.6. The number of carbonyl (C=O) groups is 4. The van der Waals surface area contributed by atoms with E-state index in [1.165, 1.54) is 150 Å². The molecule has 6 aromatic carbocycles. The van der Waals surface area contributed by atoms with Gasteiger partial charge in [0.15, 0.2) is 0 Å². The van der Waals surface area contributed by atoms with E-state index in [0.29, 0.717) is 88.5 Å². The molecule has 12 bridgehead atoms. The van der Waals surface area contributed by atoms with Gasteiger partial charge in [0.2, 0.25) is 0 Å². The van der Waals surface area contributed by atoms with Crippen LogP contribution in [0, 0.1) is 87.0 Å². The van der Waals surface area contributed by atoms with Gasteiger partial charge in [-0.1, -0.05) is 173 Å². The molecule has 16 nitrogen and oxygen atoms in total. The molecule has 140 heavy (non-hydrogen) atoms. The summed E-state index contributed by atoms with van der Waals surface area (Å²) >= 11 is 0. The number of fused-ring (bicyclic) bond motifs is 22. The Bertz CT molecular complexity index is 6440. The highest BCUT2D eigenvalue weighted by Crippen LogP contribution is 2.53. The van der Waals surface area contributed by atoms with Gasteiger partial charge in [-0.25, -0.2) is 13.2 Å². The van der Waals surface area contributed by atoms with E-state index in [1.54, 1.807) is 41.5 Å². The van der Waals surface area contributed by atoms with Crippen molar-refractivity contribution in [3.05, 3.63) is 239 Å². The van der Waals surface area contributed by atoms with Crippen molar-refractivity contribution in [2.45, 2.75) is 267 Å². The first kappa shape index (κ1) is 99.0. The Morgan fingerprint density at radius 2 is 0.650 bits per heavy atom. The van der Waals surface area contributed by atoms with Crippen LogP contribution in [0.2, 0.25) is 0 Å². The lowest BCUT2D eigenvalue weighted by Gasteiger charge is -2.55. The second kappa shape index (κ2) is 42.7. The number of nitrogens with zero attached hydrogens (tertiary/aromatic N) is 6. The number of benzene rings is 6. The molecule has 10 saturated heterocycles. The molecule has 0 amide bonds. The highest BCUT2D eigenvalue weighted by Gasteiger charge is 2.54. The zero-order valence-corrected chi connectivity index (χ0v) is 85.3. The molecule has 12 aliphatic heterocycles. The van der Waals surface area contributed by atoms with Crippen molar-refractivity contribution in [2.75, 3.05) is 78.5 Å². The van der Waals surface area contributed by atoms with Gasteiger partial charge in [0.1, 0.15) is 40.6 Å². The first-order chi connectivity index (χ1) is 67.8. The molecular formula is C121H155F3N12O4. The van der Waals surface area contributed by atoms with Crippen LogP contribution in [-0.2, 0) is 57.7 Å². The summed E-state index contributed by atoms with van der Waals surface area (Å²) in [6.45, 7) is 38.0. The third-order valence-corrected chi connectivity index (χ3v) is 37.3. The number of piperidine rings is 10. The minimum atomic E-state index is -0.190. The SMILES string of the molecule is CCC1(C)CC2CN(CCc3c[nH]c4ccc(F)cc34)C1CC2=O.CCC1(C)CC2CN(CCc3c[nH]c4ccccc34)C1CC2=O.CCC1=CC2CC(CC)C1N(CCc1c[nH]c3ccccc13)C2.CCC1=CC2N(CCc3c[nH]c4ccc(F)cc34)CC1CC2(C)CC.CCC1CC2CN(CCc3c[nH]c4ccc(F)cc34)C1CC2=O.CCC1CC2CN(CCc3c[nH]c4ccccc34)C1CC2=O. The van der Waals surface area contributed by atoms with Gasteiger partial charge in [-0.15, -0.1) is 0 Å². The summed E-state index contributed by atoms with van der Waals surface area (Å²) in [5, 5.41) is 7.07. The largest absolute Gasteiger partial charge is 0.361 e. The zero-order valence-electron chi connectivity index (χ0n) is 85.3. The summed E-state index contributed by atoms with van der Waals surface area (Å²) in [5.41, 5.74) is 18.9. The average molecular weight is 1900 g/mol. The molecule has 19 heteroatoms. The number of aromatic nitrogens is 6. The summed E-state index contributed by atoms with van der Waals surface area (Å²) in [4.78, 5) is 84.0. The molecule has 18 aliphatic rings. The molecule has 18 atom stereocenters. The highest BCUT2D eigenvalue weighted by atomic mass is 19.1. The van der Waals surface area contributed by atoms with Gasteiger partial charge in [0.05, 0.1) is 0 Å². The Balaban J connectivity index is 0.000000107. The lowest BCUT2D eigenvalue weighted by atomic mass is 9.61. The predicted molar refractivity (Wildman–Crippen MR) is 564 cm³/mol. The second-order valence-electron chi connectivity index (χ2n) is 45.1. The molecule has 14 fully saturated rings. The monoisotopic (exact) mass is 1900 g/mol. The normalized spacial score (nSPS) is 29.2. The number of H-pyrrole nitrogens is 6. The van der Waals surface area contributed by atoms with Crippen molar-refractivity contribution in [3.63, 3.8) is 0 Å². The van der Waals surface area contributed by atoms with Crippen LogP contribution in [0.25, 0.3) is 65.4 Å². The number of Topliss-reactive ketones (excluding diaryl/α,β-unsaturated/α-hetero) is 4. The van der Waals surface area contributed by atoms with Crippen molar-refractivity contribution in [2.24, 2.45) is 69.5 Å². The van der Waals surface area contributed by atoms with E-state index in [-0.39, 0.29) is 40.6 Å². The summed E-state index contributed by atoms with van der Waals surface area (Å²) in [5.74, 6) is 6.20. The van der Waals surface area contributed by atoms with Crippen LogP contribution < -0.4 is 0 Å². The van der Waals surface area contributed by atoms with Crippen LogP contribution in [0.5, 0.6) is 0 Å². The van der Waals surface area contributed by atoms with E-state index >= 15 is 0 Å². The number of para-hydroxylation sites is 3. The lowest BCUT2D eigenvalue weighted by Crippen LogP contribution is -2.61. The van der Waals surface area contributed by atoms with Gasteiger partial charge < -0.3 is 29.9 Å². The highest BCUT2D eigenvalue weighted by molar-refractivity contribution is 5.89. The van der Waals surface area contributed by atoms with E-state index in [2.05, 4.69) is 245 Å². The third-order valence-electron chi connectivity index (χ3n) is 37.3. The zero-order chi connectivity index (χ0) is 97.4. The standard InChI is InChI=1S/C22H29FN2.C21H28N2.C20H25FN2O.C20H26N2O.C19H23FN2O.C19H24N2O/c1-4-15-10-21-22(3,5-2)12-17(15)14-25(21)9-8-16-13-24-20-7-6-18(23)11-19(16)20;1-3-16-11-15-12-17(4-2)21(16)23(14-15)10-9-18-13-22-20-8-6-5-7-19(18)20;1-3-20(2)10-14-12-23(19(20)9-18(14)24)7-6-13-11-22-17-5-4-15(21)8-16(13)17;1-3-20(2)11-15-13-22(19(20)10-18(15)23)9-8-14-12-21-17-7-5-4-6-16(14)17;1-2-12-7-14-11-22(18(12)9-19(14)23)6-5-13-10-21-17-4-3-15(20)8-16(13)17;1-2-13-9-15-12-21(18(13)10-19(15)22)8-7-14-11-20-17-6-4-3-5-16(14)17/h6-7,10-11,13,17,21,24H,4-5,8-9,12,14H2,1-3H3;5-8,11,13,15,17,21-22H,3-4,9-10,12,14H2,1-2H3;4-5,8,11,14,19,22H,3,6-7,9-10,12H2,1-2H3;4-7,12,15,19,21H,3,8-11,13H2,1-2H3;3-4,8,10,12,14,18,21H,2,5-7,9,11H2,1H3;3-6,11,13,15,18,20H,2,7-10,12H2,1H3. The van der Waals surface area contributed by atoms with Gasteiger partial charge in [-0.05, 0) is 261 Å². The number of nitrogens with one attached hydrogen (secondary N) is 6. The Hall–Kier alpha value is -9.73. The Kier molecular flexibility index (Phi) is 30.2. The number of aromatic amines is 6. The minimum Gasteiger partial charge on any atom is -0.361 e. The van der Waals surface area contributed by atoms with Crippen molar-refractivity contribution < 1.29 is 32.3 Å². The fraction of sp³-hybridized carbons (Fsp3) is 0.537. The van der Waals surface area contributed by atoms with Crippen LogP contribution in [0.1, 0.15) is 225 Å². The third kappa shape index (κ3) is 20.5. The molecule has 0 radical (unpaired) electrons. The number of halogens is 3. The molecule has 30 rings (SSSR count). The Morgan fingerprint density at radius 1 is 0.321 bits per heavy atom. The van der Waals surface area contributed by atoms with Gasteiger partial charge in [0.25, 0.3) is 0 Å². The van der Waals surface area contributed by atoms with Crippen LogP contribution in [0.4, 0.5) is 13.2 Å². The molecular weight excluding hydrogens is 1740 g/mol. The number of ketones is 4. The molecule has 0 spiro atoms. The average Bonchev–Trinajstić information content (AvgIpc) is 1.03. The fourth-order valence-electron chi connectivity index (χ4n) is 28.7. The molecule has 18 heterocycles. The summed E-state index contributed by atoms with van der Waals surface area (Å²) in [6, 6.07) is 43.5. The number of hydrogen-bond donors (Lipinski definition) is 6. The molecule has 18 unspecified atom stereocenters. The van der Waals surface area contributed by atoms with E-state index < -0.39 is 0 Å².